The molecule has 4 nitrogen and oxygen atoms in total. The van der Waals surface area contributed by atoms with E-state index in [4.69, 9.17) is 9.47 Å². The highest BCUT2D eigenvalue weighted by molar-refractivity contribution is 5.92. The molecule has 0 aromatic heterocycles. The largest absolute Gasteiger partial charge is 0.454 e. The second-order valence-corrected chi connectivity index (χ2v) is 4.36. The monoisotopic (exact) mass is 273 g/mol. The summed E-state index contributed by atoms with van der Waals surface area (Å²) in [6, 6.07) is 11.4. The standard InChI is InChI=1S/C15H12FNO3/c16-11-5-1-2-6-12(11)17-14(18)8-10-4-3-7-13-15(10)20-9-19-13/h1-7H,8-9H2,(H,17,18). The molecule has 1 aliphatic heterocycles. The Hall–Kier alpha value is -2.56. The highest BCUT2D eigenvalue weighted by Crippen LogP contribution is 2.35. The summed E-state index contributed by atoms with van der Waals surface area (Å²) in [7, 11) is 0. The van der Waals surface area contributed by atoms with Gasteiger partial charge in [0.05, 0.1) is 12.1 Å². The summed E-state index contributed by atoms with van der Waals surface area (Å²) in [4.78, 5) is 12.0. The van der Waals surface area contributed by atoms with Crippen LogP contribution in [0.3, 0.4) is 0 Å². The molecule has 20 heavy (non-hydrogen) atoms. The summed E-state index contributed by atoms with van der Waals surface area (Å²) in [5.41, 5.74) is 0.885. The van der Waals surface area contributed by atoms with E-state index in [2.05, 4.69) is 5.32 Å². The summed E-state index contributed by atoms with van der Waals surface area (Å²) < 4.78 is 24.0. The molecule has 2 aromatic rings. The maximum atomic E-state index is 13.4. The van der Waals surface area contributed by atoms with E-state index in [1.165, 1.54) is 12.1 Å². The number of para-hydroxylation sites is 2. The van der Waals surface area contributed by atoms with Gasteiger partial charge in [0.2, 0.25) is 12.7 Å². The fourth-order valence-electron chi connectivity index (χ4n) is 2.06. The highest BCUT2D eigenvalue weighted by atomic mass is 19.1. The van der Waals surface area contributed by atoms with Crippen molar-refractivity contribution in [3.8, 4) is 11.5 Å². The van der Waals surface area contributed by atoms with Crippen molar-refractivity contribution in [1.29, 1.82) is 0 Å². The lowest BCUT2D eigenvalue weighted by atomic mass is 10.1. The molecular formula is C15H12FNO3. The molecule has 0 spiro atoms. The molecule has 0 bridgehead atoms. The lowest BCUT2D eigenvalue weighted by Crippen LogP contribution is -2.15. The van der Waals surface area contributed by atoms with Gasteiger partial charge < -0.3 is 14.8 Å². The van der Waals surface area contributed by atoms with Crippen molar-refractivity contribution >= 4 is 11.6 Å². The number of fused-ring (bicyclic) bond motifs is 1. The van der Waals surface area contributed by atoms with Crippen LogP contribution >= 0.6 is 0 Å². The molecule has 5 heteroatoms. The van der Waals surface area contributed by atoms with Gasteiger partial charge in [-0.25, -0.2) is 4.39 Å². The fraction of sp³-hybridized carbons (Fsp3) is 0.133. The molecule has 102 valence electrons. The minimum atomic E-state index is -0.460. The number of hydrogen-bond donors (Lipinski definition) is 1. The smallest absolute Gasteiger partial charge is 0.231 e. The van der Waals surface area contributed by atoms with Crippen LogP contribution in [0.5, 0.6) is 11.5 Å². The molecule has 0 unspecified atom stereocenters. The first kappa shape index (κ1) is 12.5. The van der Waals surface area contributed by atoms with E-state index < -0.39 is 5.82 Å². The highest BCUT2D eigenvalue weighted by Gasteiger charge is 2.19. The predicted molar refractivity (Wildman–Crippen MR) is 71.3 cm³/mol. The van der Waals surface area contributed by atoms with Crippen molar-refractivity contribution in [3.63, 3.8) is 0 Å². The Morgan fingerprint density at radius 2 is 2.00 bits per heavy atom. The van der Waals surface area contributed by atoms with Crippen molar-refractivity contribution in [1.82, 2.24) is 0 Å². The molecule has 0 radical (unpaired) electrons. The predicted octanol–water partition coefficient (Wildman–Crippen LogP) is 2.74. The van der Waals surface area contributed by atoms with Crippen molar-refractivity contribution in [2.45, 2.75) is 6.42 Å². The second-order valence-electron chi connectivity index (χ2n) is 4.36. The minimum absolute atomic E-state index is 0.0981. The molecule has 1 amide bonds. The van der Waals surface area contributed by atoms with E-state index >= 15 is 0 Å². The number of amides is 1. The molecule has 2 aromatic carbocycles. The van der Waals surface area contributed by atoms with Gasteiger partial charge in [0.15, 0.2) is 11.5 Å². The molecule has 1 aliphatic rings. The minimum Gasteiger partial charge on any atom is -0.454 e. The number of carbonyl (C=O) groups excluding carboxylic acids is 1. The van der Waals surface area contributed by atoms with Gasteiger partial charge in [0.1, 0.15) is 5.82 Å². The first-order valence-corrected chi connectivity index (χ1v) is 6.16. The van der Waals surface area contributed by atoms with Gasteiger partial charge in [0.25, 0.3) is 0 Å². The Bertz CT molecular complexity index is 657. The number of halogens is 1. The van der Waals surface area contributed by atoms with E-state index in [1.54, 1.807) is 30.3 Å². The molecule has 0 fully saturated rings. The average molecular weight is 273 g/mol. The van der Waals surface area contributed by atoms with Crippen LogP contribution in [0.1, 0.15) is 5.56 Å². The maximum absolute atomic E-state index is 13.4. The Balaban J connectivity index is 1.74. The fourth-order valence-corrected chi connectivity index (χ4v) is 2.06. The van der Waals surface area contributed by atoms with Gasteiger partial charge in [-0.2, -0.15) is 0 Å². The Kier molecular flexibility index (Phi) is 3.25. The van der Waals surface area contributed by atoms with Gasteiger partial charge in [-0.3, -0.25) is 4.79 Å². The number of anilines is 1. The molecule has 0 saturated carbocycles. The number of ether oxygens (including phenoxy) is 2. The lowest BCUT2D eigenvalue weighted by molar-refractivity contribution is -0.115. The molecule has 0 atom stereocenters. The van der Waals surface area contributed by atoms with Gasteiger partial charge >= 0.3 is 0 Å². The number of hydrogen-bond acceptors (Lipinski definition) is 3. The summed E-state index contributed by atoms with van der Waals surface area (Å²) in [5.74, 6) is 0.440. The Morgan fingerprint density at radius 3 is 2.85 bits per heavy atom. The van der Waals surface area contributed by atoms with Crippen LogP contribution in [0.2, 0.25) is 0 Å². The third-order valence-corrected chi connectivity index (χ3v) is 2.98. The van der Waals surface area contributed by atoms with E-state index in [0.717, 1.165) is 0 Å². The quantitative estimate of drug-likeness (QED) is 0.935. The van der Waals surface area contributed by atoms with Crippen LogP contribution in [0, 0.1) is 5.82 Å². The molecule has 0 saturated heterocycles. The SMILES string of the molecule is O=C(Cc1cccc2c1OCO2)Nc1ccccc1F. The van der Waals surface area contributed by atoms with E-state index in [0.29, 0.717) is 17.1 Å². The second kappa shape index (κ2) is 5.21. The zero-order chi connectivity index (χ0) is 13.9. The lowest BCUT2D eigenvalue weighted by Gasteiger charge is -2.08. The van der Waals surface area contributed by atoms with Gasteiger partial charge in [0, 0.05) is 5.56 Å². The summed E-state index contributed by atoms with van der Waals surface area (Å²) >= 11 is 0. The van der Waals surface area contributed by atoms with E-state index in [1.807, 2.05) is 0 Å². The van der Waals surface area contributed by atoms with Crippen LogP contribution < -0.4 is 14.8 Å². The van der Waals surface area contributed by atoms with Crippen molar-refractivity contribution < 1.29 is 18.7 Å². The Morgan fingerprint density at radius 1 is 1.15 bits per heavy atom. The number of benzene rings is 2. The van der Waals surface area contributed by atoms with Crippen LogP contribution in [0.15, 0.2) is 42.5 Å². The zero-order valence-corrected chi connectivity index (χ0v) is 10.6. The van der Waals surface area contributed by atoms with Crippen LogP contribution in [-0.2, 0) is 11.2 Å². The van der Waals surface area contributed by atoms with E-state index in [-0.39, 0.29) is 24.8 Å². The summed E-state index contributed by atoms with van der Waals surface area (Å²) in [6.07, 6.45) is 0.0981. The van der Waals surface area contributed by atoms with Crippen LogP contribution in [-0.4, -0.2) is 12.7 Å². The van der Waals surface area contributed by atoms with Crippen molar-refractivity contribution in [3.05, 3.63) is 53.8 Å². The average Bonchev–Trinajstić information content (AvgIpc) is 2.91. The summed E-state index contributed by atoms with van der Waals surface area (Å²) in [5, 5.41) is 2.54. The molecule has 0 aliphatic carbocycles. The zero-order valence-electron chi connectivity index (χ0n) is 10.6. The number of carbonyl (C=O) groups is 1. The molecule has 1 N–H and O–H groups in total. The van der Waals surface area contributed by atoms with Gasteiger partial charge in [-0.05, 0) is 18.2 Å². The van der Waals surface area contributed by atoms with Crippen LogP contribution in [0.25, 0.3) is 0 Å². The summed E-state index contributed by atoms with van der Waals surface area (Å²) in [6.45, 7) is 0.154. The van der Waals surface area contributed by atoms with Gasteiger partial charge in [-0.1, -0.05) is 24.3 Å². The maximum Gasteiger partial charge on any atom is 0.231 e. The third-order valence-electron chi connectivity index (χ3n) is 2.98. The first-order valence-electron chi connectivity index (χ1n) is 6.16. The van der Waals surface area contributed by atoms with Crippen LogP contribution in [0.4, 0.5) is 10.1 Å². The molecule has 3 rings (SSSR count). The number of nitrogens with one attached hydrogen (secondary N) is 1. The first-order chi connectivity index (χ1) is 9.74. The normalized spacial score (nSPS) is 12.2. The number of rotatable bonds is 3. The van der Waals surface area contributed by atoms with Crippen molar-refractivity contribution in [2.24, 2.45) is 0 Å². The van der Waals surface area contributed by atoms with Crippen molar-refractivity contribution in [2.75, 3.05) is 12.1 Å². The Labute approximate surface area is 115 Å². The topological polar surface area (TPSA) is 47.6 Å². The van der Waals surface area contributed by atoms with Gasteiger partial charge in [-0.15, -0.1) is 0 Å². The third kappa shape index (κ3) is 2.42. The van der Waals surface area contributed by atoms with E-state index in [9.17, 15) is 9.18 Å². The molecular weight excluding hydrogens is 261 g/mol. The molecule has 1 heterocycles.